The Balaban J connectivity index is 1.53. The van der Waals surface area contributed by atoms with Crippen LogP contribution in [-0.4, -0.2) is 45.0 Å². The Kier molecular flexibility index (Phi) is 5.03. The molecule has 3 heterocycles. The second-order valence-electron chi connectivity index (χ2n) is 7.53. The molecule has 7 nitrogen and oxygen atoms in total. The van der Waals surface area contributed by atoms with Crippen molar-refractivity contribution >= 4 is 22.8 Å². The van der Waals surface area contributed by atoms with Crippen molar-refractivity contribution in [2.24, 2.45) is 0 Å². The van der Waals surface area contributed by atoms with Gasteiger partial charge in [-0.3, -0.25) is 5.10 Å². The Morgan fingerprint density at radius 3 is 2.43 bits per heavy atom. The van der Waals surface area contributed by atoms with Crippen molar-refractivity contribution in [3.8, 4) is 0 Å². The molecular formula is C23H24N6O. The van der Waals surface area contributed by atoms with Crippen molar-refractivity contribution in [2.45, 2.75) is 19.5 Å². The van der Waals surface area contributed by atoms with Gasteiger partial charge in [0.05, 0.1) is 17.7 Å². The normalized spacial score (nSPS) is 13.0. The molecule has 1 aliphatic heterocycles. The van der Waals surface area contributed by atoms with Crippen molar-refractivity contribution in [2.75, 3.05) is 29.5 Å². The van der Waals surface area contributed by atoms with Crippen LogP contribution in [0.1, 0.15) is 16.8 Å². The van der Waals surface area contributed by atoms with E-state index in [4.69, 9.17) is 9.97 Å². The highest BCUT2D eigenvalue weighted by Crippen LogP contribution is 2.33. The van der Waals surface area contributed by atoms with Crippen molar-refractivity contribution in [1.29, 1.82) is 0 Å². The summed E-state index contributed by atoms with van der Waals surface area (Å²) >= 11 is 0. The van der Waals surface area contributed by atoms with Crippen LogP contribution < -0.4 is 9.80 Å². The van der Waals surface area contributed by atoms with E-state index in [1.807, 2.05) is 29.2 Å². The number of H-pyrrole nitrogens is 1. The lowest BCUT2D eigenvalue weighted by Crippen LogP contribution is -2.32. The summed E-state index contributed by atoms with van der Waals surface area (Å²) in [5, 5.41) is 18.2. The van der Waals surface area contributed by atoms with Gasteiger partial charge in [0.15, 0.2) is 5.65 Å². The van der Waals surface area contributed by atoms with Gasteiger partial charge in [-0.2, -0.15) is 15.1 Å². The number of hydrogen-bond donors (Lipinski definition) is 2. The lowest BCUT2D eigenvalue weighted by molar-refractivity contribution is 0.301. The molecule has 0 atom stereocenters. The molecule has 0 saturated heterocycles. The van der Waals surface area contributed by atoms with E-state index in [1.165, 1.54) is 5.56 Å². The molecule has 0 saturated carbocycles. The first-order valence-corrected chi connectivity index (χ1v) is 10.3. The molecule has 0 aliphatic carbocycles. The average molecular weight is 400 g/mol. The lowest BCUT2D eigenvalue weighted by Gasteiger charge is -2.29. The maximum Gasteiger partial charge on any atom is 0.229 e. The minimum Gasteiger partial charge on any atom is -0.395 e. The molecule has 7 heteroatoms. The van der Waals surface area contributed by atoms with Gasteiger partial charge in [0.25, 0.3) is 0 Å². The molecule has 1 aliphatic rings. The summed E-state index contributed by atoms with van der Waals surface area (Å²) < 4.78 is 0. The Hall–Kier alpha value is -3.45. The fourth-order valence-electron chi connectivity index (χ4n) is 3.99. The van der Waals surface area contributed by atoms with E-state index in [-0.39, 0.29) is 6.61 Å². The van der Waals surface area contributed by atoms with Crippen LogP contribution in [0, 0.1) is 0 Å². The number of aliphatic hydroxyl groups excluding tert-OH is 1. The zero-order valence-electron chi connectivity index (χ0n) is 16.7. The first kappa shape index (κ1) is 18.6. The average Bonchev–Trinajstić information content (AvgIpc) is 3.21. The lowest BCUT2D eigenvalue weighted by atomic mass is 10.1. The molecule has 2 N–H and O–H groups in total. The molecule has 152 valence electrons. The molecule has 2 aromatic carbocycles. The first-order chi connectivity index (χ1) is 14.8. The van der Waals surface area contributed by atoms with Gasteiger partial charge in [-0.05, 0) is 11.1 Å². The van der Waals surface area contributed by atoms with Gasteiger partial charge in [-0.15, -0.1) is 0 Å². The Bertz CT molecular complexity index is 1130. The molecule has 0 unspecified atom stereocenters. The van der Waals surface area contributed by atoms with Crippen molar-refractivity contribution in [3.05, 3.63) is 77.5 Å². The smallest absolute Gasteiger partial charge is 0.229 e. The van der Waals surface area contributed by atoms with Gasteiger partial charge in [-0.1, -0.05) is 60.7 Å². The predicted octanol–water partition coefficient (Wildman–Crippen LogP) is 2.91. The zero-order valence-corrected chi connectivity index (χ0v) is 16.7. The molecular weight excluding hydrogens is 376 g/mol. The van der Waals surface area contributed by atoms with Gasteiger partial charge in [0.1, 0.15) is 5.82 Å². The number of aliphatic hydroxyl groups is 1. The van der Waals surface area contributed by atoms with E-state index in [1.54, 1.807) is 0 Å². The third-order valence-electron chi connectivity index (χ3n) is 5.47. The van der Waals surface area contributed by atoms with Gasteiger partial charge in [0, 0.05) is 32.6 Å². The Labute approximate surface area is 175 Å². The minimum absolute atomic E-state index is 0.0333. The summed E-state index contributed by atoms with van der Waals surface area (Å²) in [5.74, 6) is 1.51. The molecule has 0 bridgehead atoms. The molecule has 2 aromatic heterocycles. The molecule has 0 amide bonds. The highest BCUT2D eigenvalue weighted by molar-refractivity contribution is 5.91. The summed E-state index contributed by atoms with van der Waals surface area (Å²) in [7, 11) is 0. The van der Waals surface area contributed by atoms with E-state index in [9.17, 15) is 5.11 Å². The molecule has 0 spiro atoms. The number of benzene rings is 2. The number of nitrogens with one attached hydrogen (secondary N) is 1. The maximum atomic E-state index is 9.65. The highest BCUT2D eigenvalue weighted by Gasteiger charge is 2.26. The molecule has 0 fully saturated rings. The van der Waals surface area contributed by atoms with Gasteiger partial charge in [0.2, 0.25) is 5.95 Å². The summed E-state index contributed by atoms with van der Waals surface area (Å²) in [5.41, 5.74) is 4.16. The summed E-state index contributed by atoms with van der Waals surface area (Å²) in [6, 6.07) is 20.6. The number of hydrogen-bond acceptors (Lipinski definition) is 6. The van der Waals surface area contributed by atoms with Crippen molar-refractivity contribution in [1.82, 2.24) is 20.2 Å². The van der Waals surface area contributed by atoms with Crippen molar-refractivity contribution in [3.63, 3.8) is 0 Å². The van der Waals surface area contributed by atoms with Crippen LogP contribution in [0.15, 0.2) is 60.7 Å². The first-order valence-electron chi connectivity index (χ1n) is 10.3. The second kappa shape index (κ2) is 8.12. The van der Waals surface area contributed by atoms with Gasteiger partial charge < -0.3 is 14.9 Å². The summed E-state index contributed by atoms with van der Waals surface area (Å²) in [6.45, 7) is 2.77. The van der Waals surface area contributed by atoms with Crippen LogP contribution in [0.4, 0.5) is 11.8 Å². The third kappa shape index (κ3) is 3.59. The topological polar surface area (TPSA) is 81.2 Å². The second-order valence-corrected chi connectivity index (χ2v) is 7.53. The van der Waals surface area contributed by atoms with Crippen LogP contribution >= 0.6 is 0 Å². The number of rotatable bonds is 7. The highest BCUT2D eigenvalue weighted by atomic mass is 16.3. The van der Waals surface area contributed by atoms with E-state index < -0.39 is 0 Å². The SMILES string of the molecule is OCCN(Cc1ccccc1)c1nc2c3c(n[nH]c3n1)CCN2Cc1ccccc1. The standard InChI is InChI=1S/C23H24N6O/c30-14-13-29(16-18-9-5-2-6-10-18)23-24-21-20-19(26-27-21)11-12-28(22(20)25-23)15-17-7-3-1-4-8-17/h1-10,30H,11-16H2,(H,24,25,26,27). The third-order valence-corrected chi connectivity index (χ3v) is 5.47. The fourth-order valence-corrected chi connectivity index (χ4v) is 3.99. The van der Waals surface area contributed by atoms with Crippen LogP contribution in [0.3, 0.4) is 0 Å². The summed E-state index contributed by atoms with van der Waals surface area (Å²) in [6.07, 6.45) is 0.868. The monoisotopic (exact) mass is 400 g/mol. The number of aromatic amines is 1. The van der Waals surface area contributed by atoms with Crippen molar-refractivity contribution < 1.29 is 5.11 Å². The molecule has 30 heavy (non-hydrogen) atoms. The van der Waals surface area contributed by atoms with E-state index in [2.05, 4.69) is 51.5 Å². The van der Waals surface area contributed by atoms with Gasteiger partial charge >= 0.3 is 0 Å². The molecule has 0 radical (unpaired) electrons. The predicted molar refractivity (Wildman–Crippen MR) is 117 cm³/mol. The Morgan fingerprint density at radius 2 is 1.70 bits per heavy atom. The van der Waals surface area contributed by atoms with E-state index in [0.29, 0.717) is 19.0 Å². The van der Waals surface area contributed by atoms with E-state index >= 15 is 0 Å². The van der Waals surface area contributed by atoms with Crippen LogP contribution in [0.2, 0.25) is 0 Å². The zero-order chi connectivity index (χ0) is 20.3. The number of nitrogens with zero attached hydrogens (tertiary/aromatic N) is 5. The largest absolute Gasteiger partial charge is 0.395 e. The maximum absolute atomic E-state index is 9.65. The van der Waals surface area contributed by atoms with Crippen LogP contribution in [-0.2, 0) is 19.5 Å². The Morgan fingerprint density at radius 1 is 0.967 bits per heavy atom. The van der Waals surface area contributed by atoms with Gasteiger partial charge in [-0.25, -0.2) is 0 Å². The number of anilines is 2. The number of aromatic nitrogens is 4. The molecule has 5 rings (SSSR count). The minimum atomic E-state index is 0.0333. The fraction of sp³-hybridized carbons (Fsp3) is 0.261. The van der Waals surface area contributed by atoms with Crippen LogP contribution in [0.5, 0.6) is 0 Å². The van der Waals surface area contributed by atoms with E-state index in [0.717, 1.165) is 47.6 Å². The quantitative estimate of drug-likeness (QED) is 0.496. The summed E-state index contributed by atoms with van der Waals surface area (Å²) in [4.78, 5) is 14.0. The van der Waals surface area contributed by atoms with Crippen LogP contribution in [0.25, 0.3) is 11.0 Å². The molecule has 4 aromatic rings.